The first kappa shape index (κ1) is 22.7. The minimum atomic E-state index is -1.30. The molecule has 0 saturated carbocycles. The van der Waals surface area contributed by atoms with Gasteiger partial charge in [0.25, 0.3) is 5.56 Å². The first-order chi connectivity index (χ1) is 15.8. The zero-order chi connectivity index (χ0) is 23.7. The Kier molecular flexibility index (Phi) is 6.28. The highest BCUT2D eigenvalue weighted by Gasteiger charge is 2.29. The van der Waals surface area contributed by atoms with Crippen LogP contribution in [0.3, 0.4) is 0 Å². The highest BCUT2D eigenvalue weighted by molar-refractivity contribution is 7.17. The Hall–Kier alpha value is -3.53. The summed E-state index contributed by atoms with van der Waals surface area (Å²) in [5.74, 6) is -1.91. The summed E-state index contributed by atoms with van der Waals surface area (Å²) in [6.45, 7) is 3.57. The summed E-state index contributed by atoms with van der Waals surface area (Å²) in [5, 5.41) is 16.9. The molecule has 0 saturated heterocycles. The summed E-state index contributed by atoms with van der Waals surface area (Å²) in [4.78, 5) is 51.0. The van der Waals surface area contributed by atoms with E-state index in [4.69, 9.17) is 4.74 Å². The highest BCUT2D eigenvalue weighted by Crippen LogP contribution is 2.40. The molecule has 0 aliphatic heterocycles. The van der Waals surface area contributed by atoms with Crippen LogP contribution in [0.2, 0.25) is 0 Å². The lowest BCUT2D eigenvalue weighted by Crippen LogP contribution is -2.31. The number of carbonyl (C=O) groups excluding carboxylic acids is 2. The number of carboxylic acid groups (broad SMARTS) is 1. The lowest BCUT2D eigenvalue weighted by molar-refractivity contribution is -0.117. The van der Waals surface area contributed by atoms with E-state index in [-0.39, 0.29) is 23.1 Å². The molecule has 1 aliphatic carbocycles. The van der Waals surface area contributed by atoms with Crippen molar-refractivity contribution in [3.63, 3.8) is 0 Å². The zero-order valence-corrected chi connectivity index (χ0v) is 19.0. The van der Waals surface area contributed by atoms with E-state index in [2.05, 4.69) is 17.3 Å². The number of nitrogens with zero attached hydrogens (tertiary/aromatic N) is 2. The highest BCUT2D eigenvalue weighted by atomic mass is 32.1. The fourth-order valence-corrected chi connectivity index (χ4v) is 5.48. The molecule has 2 aromatic heterocycles. The van der Waals surface area contributed by atoms with Crippen molar-refractivity contribution in [2.75, 3.05) is 11.9 Å². The Bertz CT molecular complexity index is 1330. The van der Waals surface area contributed by atoms with Gasteiger partial charge in [0.1, 0.15) is 11.5 Å². The summed E-state index contributed by atoms with van der Waals surface area (Å²) < 4.78 is 6.05. The van der Waals surface area contributed by atoms with Gasteiger partial charge >= 0.3 is 11.9 Å². The summed E-state index contributed by atoms with van der Waals surface area (Å²) in [7, 11) is 0. The molecule has 2 heterocycles. The van der Waals surface area contributed by atoms with Crippen molar-refractivity contribution in [3.8, 4) is 0 Å². The number of ether oxygens (including phenoxy) is 1. The first-order valence-electron chi connectivity index (χ1n) is 10.6. The third-order valence-electron chi connectivity index (χ3n) is 5.61. The van der Waals surface area contributed by atoms with Crippen LogP contribution in [0.15, 0.2) is 29.1 Å². The van der Waals surface area contributed by atoms with Crippen LogP contribution in [0, 0.1) is 5.92 Å². The van der Waals surface area contributed by atoms with Crippen LogP contribution in [-0.2, 0) is 28.9 Å². The van der Waals surface area contributed by atoms with Gasteiger partial charge in [-0.05, 0) is 43.7 Å². The van der Waals surface area contributed by atoms with E-state index in [1.165, 1.54) is 23.5 Å². The normalized spacial score (nSPS) is 15.2. The van der Waals surface area contributed by atoms with E-state index in [9.17, 15) is 24.3 Å². The molecule has 3 aromatic rings. The van der Waals surface area contributed by atoms with Crippen molar-refractivity contribution in [3.05, 3.63) is 56.3 Å². The predicted octanol–water partition coefficient (Wildman–Crippen LogP) is 3.10. The summed E-state index contributed by atoms with van der Waals surface area (Å²) in [6.07, 6.45) is 2.48. The monoisotopic (exact) mass is 469 g/mol. The van der Waals surface area contributed by atoms with Gasteiger partial charge in [0.15, 0.2) is 5.69 Å². The zero-order valence-electron chi connectivity index (χ0n) is 18.2. The average Bonchev–Trinajstić information content (AvgIpc) is 3.12. The second-order valence-electron chi connectivity index (χ2n) is 7.99. The smallest absolute Gasteiger partial charge is 0.357 e. The predicted molar refractivity (Wildman–Crippen MR) is 123 cm³/mol. The molecule has 2 N–H and O–H groups in total. The second-order valence-corrected chi connectivity index (χ2v) is 9.09. The van der Waals surface area contributed by atoms with E-state index >= 15 is 0 Å². The molecule has 0 spiro atoms. The van der Waals surface area contributed by atoms with Crippen LogP contribution in [-0.4, -0.2) is 39.3 Å². The maximum atomic E-state index is 12.9. The Morgan fingerprint density at radius 1 is 1.27 bits per heavy atom. The molecule has 1 aliphatic rings. The quantitative estimate of drug-likeness (QED) is 0.531. The SMILES string of the molecule is CCOC(=O)c1c(NC(=O)Cn2nc(C(=O)O)c3ccccc3c2=O)sc2c1CC[C@H](C)C2. The molecule has 10 heteroatoms. The molecule has 9 nitrogen and oxygen atoms in total. The van der Waals surface area contributed by atoms with Crippen LogP contribution < -0.4 is 10.9 Å². The number of hydrogen-bond donors (Lipinski definition) is 2. The molecule has 0 unspecified atom stereocenters. The molecule has 0 radical (unpaired) electrons. The van der Waals surface area contributed by atoms with Gasteiger partial charge in [0.05, 0.1) is 17.6 Å². The number of esters is 1. The van der Waals surface area contributed by atoms with Crippen LogP contribution in [0.25, 0.3) is 10.8 Å². The standard InChI is InChI=1S/C23H23N3O6S/c1-3-32-23(31)18-15-9-8-12(2)10-16(15)33-20(18)24-17(27)11-26-21(28)14-7-5-4-6-13(14)19(25-26)22(29)30/h4-7,12H,3,8-11H2,1-2H3,(H,24,27)(H,29,30)/t12-/m0/s1. The van der Waals surface area contributed by atoms with Crippen molar-refractivity contribution in [2.45, 2.75) is 39.7 Å². The number of aromatic carboxylic acids is 1. The van der Waals surface area contributed by atoms with Crippen molar-refractivity contribution >= 4 is 45.0 Å². The molecule has 4 rings (SSSR count). The van der Waals surface area contributed by atoms with Crippen LogP contribution >= 0.6 is 11.3 Å². The molecular weight excluding hydrogens is 446 g/mol. The van der Waals surface area contributed by atoms with E-state index < -0.39 is 29.9 Å². The van der Waals surface area contributed by atoms with Crippen molar-refractivity contribution in [1.29, 1.82) is 0 Å². The fourth-order valence-electron chi connectivity index (χ4n) is 4.06. The average molecular weight is 470 g/mol. The van der Waals surface area contributed by atoms with E-state index in [0.717, 1.165) is 34.4 Å². The first-order valence-corrected chi connectivity index (χ1v) is 11.5. The van der Waals surface area contributed by atoms with Gasteiger partial charge < -0.3 is 15.2 Å². The number of benzene rings is 1. The maximum Gasteiger partial charge on any atom is 0.357 e. The molecule has 172 valence electrons. The number of fused-ring (bicyclic) bond motifs is 2. The lowest BCUT2D eigenvalue weighted by Gasteiger charge is -2.18. The third kappa shape index (κ3) is 4.38. The Morgan fingerprint density at radius 3 is 2.70 bits per heavy atom. The van der Waals surface area contributed by atoms with E-state index in [1.54, 1.807) is 19.1 Å². The Labute approximate surface area is 193 Å². The Balaban J connectivity index is 1.67. The molecule has 1 aromatic carbocycles. The minimum absolute atomic E-state index is 0.158. The number of carbonyl (C=O) groups is 3. The van der Waals surface area contributed by atoms with Gasteiger partial charge in [-0.2, -0.15) is 5.10 Å². The summed E-state index contributed by atoms with van der Waals surface area (Å²) in [6, 6.07) is 6.22. The van der Waals surface area contributed by atoms with Gasteiger partial charge in [0, 0.05) is 10.3 Å². The van der Waals surface area contributed by atoms with E-state index in [0.29, 0.717) is 16.5 Å². The largest absolute Gasteiger partial charge is 0.476 e. The number of nitrogens with one attached hydrogen (secondary N) is 1. The fraction of sp³-hybridized carbons (Fsp3) is 0.348. The van der Waals surface area contributed by atoms with Gasteiger partial charge in [-0.3, -0.25) is 9.59 Å². The number of amides is 1. The van der Waals surface area contributed by atoms with Gasteiger partial charge in [-0.25, -0.2) is 14.3 Å². The number of hydrogen-bond acceptors (Lipinski definition) is 7. The maximum absolute atomic E-state index is 12.9. The Morgan fingerprint density at radius 2 is 2.00 bits per heavy atom. The van der Waals surface area contributed by atoms with E-state index in [1.807, 2.05) is 0 Å². The van der Waals surface area contributed by atoms with Crippen molar-refractivity contribution in [1.82, 2.24) is 9.78 Å². The molecular formula is C23H23N3O6S. The summed E-state index contributed by atoms with van der Waals surface area (Å²) in [5.41, 5.74) is 0.379. The molecule has 0 bridgehead atoms. The number of aromatic nitrogens is 2. The second kappa shape index (κ2) is 9.14. The number of anilines is 1. The van der Waals surface area contributed by atoms with Crippen molar-refractivity contribution < 1.29 is 24.2 Å². The molecule has 33 heavy (non-hydrogen) atoms. The van der Waals surface area contributed by atoms with Crippen LogP contribution in [0.1, 0.15) is 51.6 Å². The molecule has 1 amide bonds. The minimum Gasteiger partial charge on any atom is -0.476 e. The van der Waals surface area contributed by atoms with Crippen molar-refractivity contribution in [2.24, 2.45) is 5.92 Å². The van der Waals surface area contributed by atoms with Crippen LogP contribution in [0.4, 0.5) is 5.00 Å². The number of thiophene rings is 1. The van der Waals surface area contributed by atoms with Gasteiger partial charge in [0.2, 0.25) is 5.91 Å². The topological polar surface area (TPSA) is 128 Å². The lowest BCUT2D eigenvalue weighted by atomic mass is 9.88. The molecule has 1 atom stereocenters. The summed E-state index contributed by atoms with van der Waals surface area (Å²) >= 11 is 1.34. The van der Waals surface area contributed by atoms with Gasteiger partial charge in [-0.1, -0.05) is 25.1 Å². The number of rotatable bonds is 6. The van der Waals surface area contributed by atoms with Crippen LogP contribution in [0.5, 0.6) is 0 Å². The number of carboxylic acids is 1. The molecule has 0 fully saturated rings. The van der Waals surface area contributed by atoms with Gasteiger partial charge in [-0.15, -0.1) is 11.3 Å². The third-order valence-corrected chi connectivity index (χ3v) is 6.78.